The first kappa shape index (κ1) is 14.2. The van der Waals surface area contributed by atoms with Crippen molar-refractivity contribution in [3.63, 3.8) is 0 Å². The van der Waals surface area contributed by atoms with Crippen LogP contribution in [0.4, 0.5) is 0 Å². The van der Waals surface area contributed by atoms with E-state index in [0.717, 1.165) is 24.5 Å². The Bertz CT molecular complexity index is 468. The Kier molecular flexibility index (Phi) is 6.07. The summed E-state index contributed by atoms with van der Waals surface area (Å²) in [5, 5.41) is 0. The SMILES string of the molecule is COc1ccc([Te]CCCOc2ccccc2)cc1. The summed E-state index contributed by atoms with van der Waals surface area (Å²) in [6.45, 7) is 0.810. The molecule has 0 aliphatic carbocycles. The molecular weight excluding hydrogens is 352 g/mol. The zero-order chi connectivity index (χ0) is 13.3. The summed E-state index contributed by atoms with van der Waals surface area (Å²) in [5.41, 5.74) is 0. The molecular formula is C16H18O2Te. The van der Waals surface area contributed by atoms with E-state index in [9.17, 15) is 0 Å². The fourth-order valence-electron chi connectivity index (χ4n) is 1.63. The second-order valence-electron chi connectivity index (χ2n) is 4.04. The average molecular weight is 370 g/mol. The van der Waals surface area contributed by atoms with Crippen molar-refractivity contribution in [3.8, 4) is 11.5 Å². The van der Waals surface area contributed by atoms with Crippen LogP contribution in [0.3, 0.4) is 0 Å². The topological polar surface area (TPSA) is 18.5 Å². The van der Waals surface area contributed by atoms with E-state index in [1.165, 1.54) is 8.08 Å². The van der Waals surface area contributed by atoms with Gasteiger partial charge in [-0.05, 0) is 0 Å². The molecule has 0 aromatic heterocycles. The molecule has 0 heterocycles. The Balaban J connectivity index is 1.63. The van der Waals surface area contributed by atoms with E-state index in [-0.39, 0.29) is 20.9 Å². The van der Waals surface area contributed by atoms with Crippen LogP contribution in [0.15, 0.2) is 54.6 Å². The second-order valence-corrected chi connectivity index (χ2v) is 7.37. The Morgan fingerprint density at radius 2 is 1.63 bits per heavy atom. The molecule has 0 atom stereocenters. The quantitative estimate of drug-likeness (QED) is 0.552. The maximum absolute atomic E-state index is 5.68. The number of rotatable bonds is 7. The third kappa shape index (κ3) is 5.14. The van der Waals surface area contributed by atoms with Gasteiger partial charge in [-0.25, -0.2) is 0 Å². The number of hydrogen-bond donors (Lipinski definition) is 0. The van der Waals surface area contributed by atoms with E-state index in [1.54, 1.807) is 7.11 Å². The minimum absolute atomic E-state index is 0.0904. The van der Waals surface area contributed by atoms with Crippen molar-refractivity contribution in [2.45, 2.75) is 10.9 Å². The predicted octanol–water partition coefficient (Wildman–Crippen LogP) is 2.91. The van der Waals surface area contributed by atoms with Crippen molar-refractivity contribution < 1.29 is 9.47 Å². The van der Waals surface area contributed by atoms with Crippen LogP contribution in [0.2, 0.25) is 4.47 Å². The molecule has 2 nitrogen and oxygen atoms in total. The molecule has 0 N–H and O–H groups in total. The Labute approximate surface area is 124 Å². The van der Waals surface area contributed by atoms with Gasteiger partial charge in [-0.1, -0.05) is 0 Å². The molecule has 100 valence electrons. The fraction of sp³-hybridized carbons (Fsp3) is 0.250. The van der Waals surface area contributed by atoms with Crippen LogP contribution in [-0.2, 0) is 0 Å². The third-order valence-electron chi connectivity index (χ3n) is 2.63. The molecule has 2 aromatic rings. The van der Waals surface area contributed by atoms with Gasteiger partial charge in [0.15, 0.2) is 0 Å². The number of methoxy groups -OCH3 is 1. The number of hydrogen-bond acceptors (Lipinski definition) is 2. The molecule has 0 amide bonds. The number of ether oxygens (including phenoxy) is 2. The third-order valence-corrected chi connectivity index (χ3v) is 5.76. The number of para-hydroxylation sites is 1. The molecule has 0 bridgehead atoms. The van der Waals surface area contributed by atoms with Crippen LogP contribution in [0.5, 0.6) is 11.5 Å². The van der Waals surface area contributed by atoms with Crippen LogP contribution < -0.4 is 13.1 Å². The van der Waals surface area contributed by atoms with Crippen molar-refractivity contribution in [2.24, 2.45) is 0 Å². The summed E-state index contributed by atoms with van der Waals surface area (Å²) in [7, 11) is 1.70. The summed E-state index contributed by atoms with van der Waals surface area (Å²) in [6.07, 6.45) is 1.13. The summed E-state index contributed by atoms with van der Waals surface area (Å²) >= 11 is -0.0904. The van der Waals surface area contributed by atoms with E-state index < -0.39 is 0 Å². The molecule has 0 aliphatic heterocycles. The molecule has 0 saturated heterocycles. The molecule has 19 heavy (non-hydrogen) atoms. The normalized spacial score (nSPS) is 10.2. The molecule has 0 saturated carbocycles. The Morgan fingerprint density at radius 3 is 2.32 bits per heavy atom. The van der Waals surface area contributed by atoms with Gasteiger partial charge in [-0.2, -0.15) is 0 Å². The summed E-state index contributed by atoms with van der Waals surface area (Å²) < 4.78 is 13.6. The van der Waals surface area contributed by atoms with E-state index >= 15 is 0 Å². The molecule has 0 radical (unpaired) electrons. The standard InChI is InChI=1S/C16H18O2Te/c1-17-14-8-10-16(11-9-14)19-13-5-12-18-15-6-3-2-4-7-15/h2-4,6-11H,5,12-13H2,1H3. The predicted molar refractivity (Wildman–Crippen MR) is 79.7 cm³/mol. The molecule has 0 aliphatic rings. The van der Waals surface area contributed by atoms with Gasteiger partial charge < -0.3 is 0 Å². The van der Waals surface area contributed by atoms with E-state index in [1.807, 2.05) is 42.5 Å². The average Bonchev–Trinajstić information content (AvgIpc) is 2.49. The first-order valence-electron chi connectivity index (χ1n) is 6.33. The van der Waals surface area contributed by atoms with Crippen molar-refractivity contribution in [2.75, 3.05) is 13.7 Å². The zero-order valence-electron chi connectivity index (χ0n) is 11.0. The van der Waals surface area contributed by atoms with Crippen molar-refractivity contribution in [1.82, 2.24) is 0 Å². The van der Waals surface area contributed by atoms with Gasteiger partial charge >= 0.3 is 125 Å². The van der Waals surface area contributed by atoms with Crippen molar-refractivity contribution in [3.05, 3.63) is 54.6 Å². The molecule has 2 rings (SSSR count). The Hall–Kier alpha value is -1.17. The summed E-state index contributed by atoms with van der Waals surface area (Å²) in [4.78, 5) is 0. The van der Waals surface area contributed by atoms with Crippen molar-refractivity contribution >= 4 is 24.5 Å². The molecule has 0 spiro atoms. The monoisotopic (exact) mass is 372 g/mol. The van der Waals surface area contributed by atoms with Crippen LogP contribution >= 0.6 is 0 Å². The van der Waals surface area contributed by atoms with Crippen LogP contribution in [-0.4, -0.2) is 34.6 Å². The summed E-state index contributed by atoms with van der Waals surface area (Å²) in [5.74, 6) is 1.90. The van der Waals surface area contributed by atoms with E-state index in [0.29, 0.717) is 0 Å². The van der Waals surface area contributed by atoms with Gasteiger partial charge in [0.1, 0.15) is 0 Å². The van der Waals surface area contributed by atoms with E-state index in [2.05, 4.69) is 12.1 Å². The molecule has 2 aromatic carbocycles. The molecule has 0 unspecified atom stereocenters. The number of benzene rings is 2. The van der Waals surface area contributed by atoms with Crippen molar-refractivity contribution in [1.29, 1.82) is 0 Å². The molecule has 0 fully saturated rings. The summed E-state index contributed by atoms with van der Waals surface area (Å²) in [6, 6.07) is 18.4. The minimum atomic E-state index is -0.0904. The van der Waals surface area contributed by atoms with Crippen LogP contribution in [0.25, 0.3) is 0 Å². The first-order valence-corrected chi connectivity index (χ1v) is 9.14. The maximum atomic E-state index is 5.68. The van der Waals surface area contributed by atoms with Gasteiger partial charge in [0.05, 0.1) is 0 Å². The van der Waals surface area contributed by atoms with E-state index in [4.69, 9.17) is 9.47 Å². The Morgan fingerprint density at radius 1 is 0.895 bits per heavy atom. The van der Waals surface area contributed by atoms with Gasteiger partial charge in [-0.3, -0.25) is 0 Å². The van der Waals surface area contributed by atoms with Gasteiger partial charge in [0.25, 0.3) is 0 Å². The van der Waals surface area contributed by atoms with Gasteiger partial charge in [0, 0.05) is 0 Å². The zero-order valence-corrected chi connectivity index (χ0v) is 13.4. The van der Waals surface area contributed by atoms with Gasteiger partial charge in [-0.15, -0.1) is 0 Å². The van der Waals surface area contributed by atoms with Gasteiger partial charge in [0.2, 0.25) is 0 Å². The first-order chi connectivity index (χ1) is 9.38. The van der Waals surface area contributed by atoms with Crippen LogP contribution in [0, 0.1) is 0 Å². The van der Waals surface area contributed by atoms with Crippen LogP contribution in [0.1, 0.15) is 6.42 Å². The fourth-order valence-corrected chi connectivity index (χ4v) is 3.99. The second kappa shape index (κ2) is 8.09. The molecule has 3 heteroatoms.